The molecule has 3 aromatic rings. The van der Waals surface area contributed by atoms with Gasteiger partial charge in [0.2, 0.25) is 0 Å². The largest absolute Gasteiger partial charge is 0.495 e. The summed E-state index contributed by atoms with van der Waals surface area (Å²) in [4.78, 5) is 6.54. The van der Waals surface area contributed by atoms with Gasteiger partial charge in [-0.3, -0.25) is 4.98 Å². The van der Waals surface area contributed by atoms with Crippen LogP contribution in [0.3, 0.4) is 0 Å². The van der Waals surface area contributed by atoms with Gasteiger partial charge < -0.3 is 19.4 Å². The highest BCUT2D eigenvalue weighted by Crippen LogP contribution is 2.44. The van der Waals surface area contributed by atoms with Gasteiger partial charge in [0.25, 0.3) is 0 Å². The number of rotatable bonds is 4. The first-order chi connectivity index (χ1) is 12.3. The van der Waals surface area contributed by atoms with Crippen LogP contribution in [0.5, 0.6) is 5.75 Å². The van der Waals surface area contributed by atoms with Crippen molar-refractivity contribution >= 4 is 23.0 Å². The van der Waals surface area contributed by atoms with E-state index in [1.807, 2.05) is 59.5 Å². The Kier molecular flexibility index (Phi) is 4.11. The number of aromatic nitrogens is 1. The average Bonchev–Trinajstić information content (AvgIpc) is 3.30. The molecule has 25 heavy (non-hydrogen) atoms. The number of furan rings is 1. The summed E-state index contributed by atoms with van der Waals surface area (Å²) < 4.78 is 11.3. The van der Waals surface area contributed by atoms with Gasteiger partial charge in [0.15, 0.2) is 5.11 Å². The van der Waals surface area contributed by atoms with Crippen LogP contribution in [0.15, 0.2) is 71.5 Å². The van der Waals surface area contributed by atoms with Crippen LogP contribution >= 0.6 is 12.2 Å². The van der Waals surface area contributed by atoms with Gasteiger partial charge in [0.05, 0.1) is 30.8 Å². The number of methoxy groups -OCH3 is 1. The van der Waals surface area contributed by atoms with E-state index in [2.05, 4.69) is 10.3 Å². The number of hydrogen-bond donors (Lipinski definition) is 1. The highest BCUT2D eigenvalue weighted by Gasteiger charge is 2.43. The molecule has 2 atom stereocenters. The van der Waals surface area contributed by atoms with Gasteiger partial charge in [0.1, 0.15) is 17.6 Å². The summed E-state index contributed by atoms with van der Waals surface area (Å²) in [6.07, 6.45) is 3.46. The lowest BCUT2D eigenvalue weighted by molar-refractivity contribution is 0.408. The minimum Gasteiger partial charge on any atom is -0.495 e. The maximum Gasteiger partial charge on any atom is 0.174 e. The molecule has 3 heterocycles. The number of benzene rings is 1. The van der Waals surface area contributed by atoms with Crippen molar-refractivity contribution in [2.24, 2.45) is 0 Å². The predicted octanol–water partition coefficient (Wildman–Crippen LogP) is 3.86. The molecule has 0 aliphatic carbocycles. The molecule has 0 radical (unpaired) electrons. The van der Waals surface area contributed by atoms with Crippen molar-refractivity contribution in [1.29, 1.82) is 0 Å². The second kappa shape index (κ2) is 6.57. The molecule has 0 bridgehead atoms. The second-order valence-corrected chi connectivity index (χ2v) is 6.07. The Labute approximate surface area is 151 Å². The summed E-state index contributed by atoms with van der Waals surface area (Å²) >= 11 is 5.65. The van der Waals surface area contributed by atoms with Crippen molar-refractivity contribution in [3.8, 4) is 5.75 Å². The summed E-state index contributed by atoms with van der Waals surface area (Å²) in [5.74, 6) is 1.57. The molecule has 0 unspecified atom stereocenters. The molecular weight excluding hydrogens is 334 g/mol. The van der Waals surface area contributed by atoms with E-state index >= 15 is 0 Å². The number of hydrogen-bond acceptors (Lipinski definition) is 4. The Morgan fingerprint density at radius 2 is 1.96 bits per heavy atom. The molecule has 1 saturated heterocycles. The highest BCUT2D eigenvalue weighted by atomic mass is 32.1. The Bertz CT molecular complexity index is 867. The van der Waals surface area contributed by atoms with Crippen molar-refractivity contribution < 1.29 is 9.15 Å². The van der Waals surface area contributed by atoms with Crippen LogP contribution in [0, 0.1) is 0 Å². The van der Waals surface area contributed by atoms with Gasteiger partial charge in [0, 0.05) is 6.20 Å². The van der Waals surface area contributed by atoms with Crippen molar-refractivity contribution in [3.05, 3.63) is 78.5 Å². The molecule has 1 N–H and O–H groups in total. The Morgan fingerprint density at radius 3 is 2.68 bits per heavy atom. The quantitative estimate of drug-likeness (QED) is 0.721. The standard InChI is InChI=1S/C19H17N3O2S/c1-23-15-9-3-2-8-14(15)22-18(16-10-6-12-24-16)17(21-19(22)25)13-7-4-5-11-20-13/h2-12,17-18H,1H3,(H,21,25)/t17-,18+/m1/s1. The van der Waals surface area contributed by atoms with Crippen molar-refractivity contribution in [1.82, 2.24) is 10.3 Å². The maximum absolute atomic E-state index is 5.73. The SMILES string of the molecule is COc1ccccc1N1C(=S)N[C@H](c2ccccn2)[C@@H]1c1ccco1. The van der Waals surface area contributed by atoms with Crippen LogP contribution in [0.1, 0.15) is 23.5 Å². The number of pyridine rings is 1. The van der Waals surface area contributed by atoms with E-state index in [0.29, 0.717) is 5.11 Å². The fraction of sp³-hybridized carbons (Fsp3) is 0.158. The minimum absolute atomic E-state index is 0.121. The van der Waals surface area contributed by atoms with Crippen LogP contribution in [0.25, 0.3) is 0 Å². The van der Waals surface area contributed by atoms with E-state index < -0.39 is 0 Å². The van der Waals surface area contributed by atoms with Crippen LogP contribution in [-0.4, -0.2) is 17.2 Å². The lowest BCUT2D eigenvalue weighted by Gasteiger charge is -2.27. The molecule has 0 spiro atoms. The molecule has 5 nitrogen and oxygen atoms in total. The van der Waals surface area contributed by atoms with Crippen LogP contribution in [0.4, 0.5) is 5.69 Å². The lowest BCUT2D eigenvalue weighted by Crippen LogP contribution is -2.29. The molecule has 1 fully saturated rings. The van der Waals surface area contributed by atoms with E-state index in [1.54, 1.807) is 19.6 Å². The number of nitrogens with zero attached hydrogens (tertiary/aromatic N) is 2. The first kappa shape index (κ1) is 15.7. The van der Waals surface area contributed by atoms with E-state index in [4.69, 9.17) is 21.4 Å². The first-order valence-corrected chi connectivity index (χ1v) is 8.37. The fourth-order valence-electron chi connectivity index (χ4n) is 3.19. The Morgan fingerprint density at radius 1 is 1.12 bits per heavy atom. The van der Waals surface area contributed by atoms with Gasteiger partial charge in [-0.2, -0.15) is 0 Å². The molecule has 6 heteroatoms. The topological polar surface area (TPSA) is 50.5 Å². The first-order valence-electron chi connectivity index (χ1n) is 7.96. The zero-order valence-electron chi connectivity index (χ0n) is 13.6. The summed E-state index contributed by atoms with van der Waals surface area (Å²) in [6.45, 7) is 0. The summed E-state index contributed by atoms with van der Waals surface area (Å²) in [7, 11) is 1.66. The Hall–Kier alpha value is -2.86. The lowest BCUT2D eigenvalue weighted by atomic mass is 10.0. The van der Waals surface area contributed by atoms with Gasteiger partial charge in [-0.25, -0.2) is 0 Å². The van der Waals surface area contributed by atoms with Crippen molar-refractivity contribution in [2.75, 3.05) is 12.0 Å². The average molecular weight is 351 g/mol. The normalized spacial score (nSPS) is 19.7. The number of thiocarbonyl (C=S) groups is 1. The summed E-state index contributed by atoms with van der Waals surface area (Å²) in [5, 5.41) is 4.00. The van der Waals surface area contributed by atoms with Crippen LogP contribution < -0.4 is 15.0 Å². The van der Waals surface area contributed by atoms with Crippen molar-refractivity contribution in [3.63, 3.8) is 0 Å². The molecule has 1 aromatic carbocycles. The number of anilines is 1. The summed E-state index contributed by atoms with van der Waals surface area (Å²) in [5.41, 5.74) is 1.80. The maximum atomic E-state index is 5.73. The number of nitrogens with one attached hydrogen (secondary N) is 1. The monoisotopic (exact) mass is 351 g/mol. The van der Waals surface area contributed by atoms with E-state index in [9.17, 15) is 0 Å². The van der Waals surface area contributed by atoms with Crippen molar-refractivity contribution in [2.45, 2.75) is 12.1 Å². The van der Waals surface area contributed by atoms with E-state index in [-0.39, 0.29) is 12.1 Å². The smallest absolute Gasteiger partial charge is 0.174 e. The highest BCUT2D eigenvalue weighted by molar-refractivity contribution is 7.80. The number of ether oxygens (including phenoxy) is 1. The fourth-order valence-corrected chi connectivity index (χ4v) is 3.53. The molecule has 126 valence electrons. The molecular formula is C19H17N3O2S. The van der Waals surface area contributed by atoms with Gasteiger partial charge >= 0.3 is 0 Å². The third kappa shape index (κ3) is 2.74. The molecule has 1 aliphatic rings. The predicted molar refractivity (Wildman–Crippen MR) is 99.6 cm³/mol. The third-order valence-corrected chi connectivity index (χ3v) is 4.59. The minimum atomic E-state index is -0.159. The van der Waals surface area contributed by atoms with Gasteiger partial charge in [-0.05, 0) is 48.6 Å². The zero-order valence-corrected chi connectivity index (χ0v) is 14.4. The molecule has 2 aromatic heterocycles. The van der Waals surface area contributed by atoms with E-state index in [0.717, 1.165) is 22.9 Å². The second-order valence-electron chi connectivity index (χ2n) is 5.68. The molecule has 1 aliphatic heterocycles. The third-order valence-electron chi connectivity index (χ3n) is 4.28. The zero-order chi connectivity index (χ0) is 17.2. The van der Waals surface area contributed by atoms with Crippen LogP contribution in [0.2, 0.25) is 0 Å². The van der Waals surface area contributed by atoms with E-state index in [1.165, 1.54) is 0 Å². The summed E-state index contributed by atoms with van der Waals surface area (Å²) in [6, 6.07) is 17.2. The number of para-hydroxylation sites is 2. The molecule has 0 amide bonds. The van der Waals surface area contributed by atoms with Gasteiger partial charge in [-0.1, -0.05) is 18.2 Å². The molecule has 4 rings (SSSR count). The Balaban J connectivity index is 1.84. The van der Waals surface area contributed by atoms with Crippen LogP contribution in [-0.2, 0) is 0 Å². The van der Waals surface area contributed by atoms with Gasteiger partial charge in [-0.15, -0.1) is 0 Å². The molecule has 0 saturated carbocycles.